The van der Waals surface area contributed by atoms with Gasteiger partial charge in [0.15, 0.2) is 5.58 Å². The number of hydrogen-bond acceptors (Lipinski definition) is 5. The lowest BCUT2D eigenvalue weighted by Crippen LogP contribution is -2.32. The molecule has 1 aliphatic heterocycles. The molecule has 1 saturated heterocycles. The molecule has 1 aliphatic rings. The molecule has 1 atom stereocenters. The third kappa shape index (κ3) is 3.24. The van der Waals surface area contributed by atoms with Crippen molar-refractivity contribution in [3.63, 3.8) is 0 Å². The molecule has 3 aromatic rings. The van der Waals surface area contributed by atoms with Crippen molar-refractivity contribution in [2.45, 2.75) is 13.0 Å². The van der Waals surface area contributed by atoms with Crippen LogP contribution in [0.15, 0.2) is 51.7 Å². The fourth-order valence-electron chi connectivity index (χ4n) is 3.14. The van der Waals surface area contributed by atoms with Crippen molar-refractivity contribution in [3.8, 4) is 5.69 Å². The second kappa shape index (κ2) is 7.08. The Morgan fingerprint density at radius 2 is 2.07 bits per heavy atom. The zero-order chi connectivity index (χ0) is 19.8. The number of fused-ring (bicyclic) bond motifs is 1. The fraction of sp³-hybridized carbons (Fsp3) is 0.211. The van der Waals surface area contributed by atoms with Gasteiger partial charge in [-0.1, -0.05) is 24.4 Å². The number of para-hydroxylation sites is 2. The zero-order valence-corrected chi connectivity index (χ0v) is 15.7. The molecule has 7 nitrogen and oxygen atoms in total. The monoisotopic (exact) mass is 401 g/mol. The Labute approximate surface area is 164 Å². The summed E-state index contributed by atoms with van der Waals surface area (Å²) in [5.74, 6) is -1.34. The summed E-state index contributed by atoms with van der Waals surface area (Å²) in [4.78, 5) is 26.3. The fourth-order valence-corrected chi connectivity index (χ4v) is 3.22. The SMILES string of the molecule is CC(=S)NCC1CN(c2ccc(-n3c(=O)oc4ccccc43)c(F)c2)C(=O)O1. The maximum atomic E-state index is 14.8. The number of hydrogen-bond donors (Lipinski definition) is 1. The summed E-state index contributed by atoms with van der Waals surface area (Å²) < 4.78 is 26.4. The molecule has 1 unspecified atom stereocenters. The molecule has 28 heavy (non-hydrogen) atoms. The van der Waals surface area contributed by atoms with E-state index in [-0.39, 0.29) is 12.2 Å². The molecule has 0 saturated carbocycles. The lowest BCUT2D eigenvalue weighted by molar-refractivity contribution is 0.143. The molecule has 2 aromatic carbocycles. The summed E-state index contributed by atoms with van der Waals surface area (Å²) in [7, 11) is 0. The van der Waals surface area contributed by atoms with Gasteiger partial charge in [0.2, 0.25) is 0 Å². The molecule has 4 rings (SSSR count). The largest absolute Gasteiger partial charge is 0.442 e. The number of anilines is 1. The van der Waals surface area contributed by atoms with Crippen LogP contribution in [0.4, 0.5) is 14.9 Å². The van der Waals surface area contributed by atoms with E-state index < -0.39 is 23.8 Å². The Kier molecular flexibility index (Phi) is 4.60. The molecule has 0 bridgehead atoms. The van der Waals surface area contributed by atoms with Crippen molar-refractivity contribution in [2.75, 3.05) is 18.0 Å². The lowest BCUT2D eigenvalue weighted by atomic mass is 10.2. The number of carbonyl (C=O) groups is 1. The quantitative estimate of drug-likeness (QED) is 0.678. The summed E-state index contributed by atoms with van der Waals surface area (Å²) in [6.45, 7) is 2.38. The smallest absolute Gasteiger partial charge is 0.424 e. The number of oxazole rings is 1. The minimum absolute atomic E-state index is 0.0424. The zero-order valence-electron chi connectivity index (χ0n) is 14.8. The van der Waals surface area contributed by atoms with E-state index in [1.165, 1.54) is 17.0 Å². The Balaban J connectivity index is 1.63. The van der Waals surface area contributed by atoms with Crippen molar-refractivity contribution in [1.29, 1.82) is 0 Å². The van der Waals surface area contributed by atoms with Crippen molar-refractivity contribution in [2.24, 2.45) is 0 Å². The van der Waals surface area contributed by atoms with Crippen LogP contribution in [0.3, 0.4) is 0 Å². The van der Waals surface area contributed by atoms with Gasteiger partial charge in [0.1, 0.15) is 11.9 Å². The minimum Gasteiger partial charge on any atom is -0.442 e. The number of nitrogens with zero attached hydrogens (tertiary/aromatic N) is 2. The van der Waals surface area contributed by atoms with E-state index in [0.29, 0.717) is 28.3 Å². The summed E-state index contributed by atoms with van der Waals surface area (Å²) in [5.41, 5.74) is 1.21. The molecule has 0 spiro atoms. The summed E-state index contributed by atoms with van der Waals surface area (Å²) in [6, 6.07) is 11.0. The first-order valence-electron chi connectivity index (χ1n) is 8.57. The second-order valence-electron chi connectivity index (χ2n) is 6.36. The first-order chi connectivity index (χ1) is 13.4. The van der Waals surface area contributed by atoms with E-state index >= 15 is 0 Å². The number of thiocarbonyl (C=S) groups is 1. The van der Waals surface area contributed by atoms with Gasteiger partial charge in [0, 0.05) is 0 Å². The van der Waals surface area contributed by atoms with E-state index in [1.54, 1.807) is 37.3 Å². The van der Waals surface area contributed by atoms with Crippen LogP contribution in [0, 0.1) is 5.82 Å². The van der Waals surface area contributed by atoms with Crippen LogP contribution in [-0.2, 0) is 4.74 Å². The predicted octanol–water partition coefficient (Wildman–Crippen LogP) is 2.98. The van der Waals surface area contributed by atoms with Crippen LogP contribution in [-0.4, -0.2) is 34.8 Å². The molecule has 9 heteroatoms. The average Bonchev–Trinajstić information content (AvgIpc) is 3.19. The maximum absolute atomic E-state index is 14.8. The number of carbonyl (C=O) groups excluding carboxylic acids is 1. The molecule has 1 aromatic heterocycles. The highest BCUT2D eigenvalue weighted by atomic mass is 32.1. The Morgan fingerprint density at radius 3 is 2.82 bits per heavy atom. The van der Waals surface area contributed by atoms with Gasteiger partial charge in [0.05, 0.1) is 35.0 Å². The highest BCUT2D eigenvalue weighted by Crippen LogP contribution is 2.26. The summed E-state index contributed by atoms with van der Waals surface area (Å²) in [5, 5.41) is 2.95. The standard InChI is InChI=1S/C19H16FN3O4S/c1-11(28)21-9-13-10-22(18(24)26-13)12-6-7-15(14(20)8-12)23-16-4-2-3-5-17(16)27-19(23)25/h2-8,13H,9-10H2,1H3,(H,21,28). The molecular weight excluding hydrogens is 385 g/mol. The van der Waals surface area contributed by atoms with Crippen molar-refractivity contribution >= 4 is 40.1 Å². The van der Waals surface area contributed by atoms with Crippen LogP contribution in [0.1, 0.15) is 6.92 Å². The molecular formula is C19H16FN3O4S. The number of benzene rings is 2. The molecule has 1 amide bonds. The normalized spacial score (nSPS) is 16.4. The van der Waals surface area contributed by atoms with Gasteiger partial charge in [-0.15, -0.1) is 0 Å². The third-order valence-corrected chi connectivity index (χ3v) is 4.57. The van der Waals surface area contributed by atoms with E-state index in [0.717, 1.165) is 4.57 Å². The highest BCUT2D eigenvalue weighted by molar-refractivity contribution is 7.80. The van der Waals surface area contributed by atoms with E-state index in [2.05, 4.69) is 5.32 Å². The first kappa shape index (κ1) is 18.2. The van der Waals surface area contributed by atoms with Gasteiger partial charge in [-0.2, -0.15) is 0 Å². The van der Waals surface area contributed by atoms with Crippen LogP contribution in [0.2, 0.25) is 0 Å². The third-order valence-electron chi connectivity index (χ3n) is 4.42. The average molecular weight is 401 g/mol. The Hall–Kier alpha value is -3.20. The van der Waals surface area contributed by atoms with Crippen LogP contribution in [0.25, 0.3) is 16.8 Å². The molecule has 1 N–H and O–H groups in total. The van der Waals surface area contributed by atoms with E-state index in [4.69, 9.17) is 21.4 Å². The Morgan fingerprint density at radius 1 is 1.29 bits per heavy atom. The molecule has 144 valence electrons. The molecule has 2 heterocycles. The second-order valence-corrected chi connectivity index (χ2v) is 6.97. The van der Waals surface area contributed by atoms with E-state index in [1.807, 2.05) is 0 Å². The number of cyclic esters (lactones) is 1. The van der Waals surface area contributed by atoms with Gasteiger partial charge >= 0.3 is 11.8 Å². The van der Waals surface area contributed by atoms with E-state index in [9.17, 15) is 14.0 Å². The number of nitrogens with one attached hydrogen (secondary N) is 1. The van der Waals surface area contributed by atoms with Crippen LogP contribution in [0.5, 0.6) is 0 Å². The van der Waals surface area contributed by atoms with Gasteiger partial charge in [-0.25, -0.2) is 18.5 Å². The lowest BCUT2D eigenvalue weighted by Gasteiger charge is -2.14. The number of ether oxygens (including phenoxy) is 1. The number of rotatable bonds is 4. The van der Waals surface area contributed by atoms with Crippen molar-refractivity contribution in [3.05, 3.63) is 58.8 Å². The van der Waals surface area contributed by atoms with Crippen LogP contribution >= 0.6 is 12.2 Å². The number of halogens is 1. The Bertz CT molecular complexity index is 1140. The van der Waals surface area contributed by atoms with Gasteiger partial charge in [0.25, 0.3) is 0 Å². The van der Waals surface area contributed by atoms with Crippen molar-refractivity contribution < 1.29 is 18.3 Å². The topological polar surface area (TPSA) is 76.7 Å². The molecule has 1 fully saturated rings. The van der Waals surface area contributed by atoms with Gasteiger partial charge in [-0.3, -0.25) is 4.90 Å². The molecule has 0 aliphatic carbocycles. The summed E-state index contributed by atoms with van der Waals surface area (Å²) in [6.07, 6.45) is -0.958. The molecule has 0 radical (unpaired) electrons. The van der Waals surface area contributed by atoms with Gasteiger partial charge < -0.3 is 14.5 Å². The minimum atomic E-state index is -0.685. The number of aromatic nitrogens is 1. The van der Waals surface area contributed by atoms with Crippen LogP contribution < -0.4 is 16.0 Å². The highest BCUT2D eigenvalue weighted by Gasteiger charge is 2.32. The maximum Gasteiger partial charge on any atom is 0.424 e. The number of amides is 1. The summed E-state index contributed by atoms with van der Waals surface area (Å²) >= 11 is 4.95. The first-order valence-corrected chi connectivity index (χ1v) is 8.98. The van der Waals surface area contributed by atoms with Crippen molar-refractivity contribution in [1.82, 2.24) is 9.88 Å². The predicted molar refractivity (Wildman–Crippen MR) is 106 cm³/mol. The van der Waals surface area contributed by atoms with Gasteiger partial charge in [-0.05, 0) is 37.3 Å².